The van der Waals surface area contributed by atoms with Crippen molar-refractivity contribution < 1.29 is 9.50 Å². The molecule has 0 spiro atoms. The Bertz CT molecular complexity index is 317. The lowest BCUT2D eigenvalue weighted by Gasteiger charge is -2.12. The minimum absolute atomic E-state index is 0.0238. The van der Waals surface area contributed by atoms with Gasteiger partial charge in [0.15, 0.2) is 0 Å². The topological polar surface area (TPSA) is 46.2 Å². The Labute approximate surface area is 84.7 Å². The van der Waals surface area contributed by atoms with Gasteiger partial charge in [-0.15, -0.1) is 0 Å². The standard InChI is InChI=1S/C9H11BrFNO/c1-2-8(12)6-3-5(11)4-7(10)9(6)13/h3-4,8,13H,2,12H2,1H3/t8-/m0/s1. The molecule has 1 rings (SSSR count). The third kappa shape index (κ3) is 2.19. The van der Waals surface area contributed by atoms with Gasteiger partial charge in [0.1, 0.15) is 11.6 Å². The second-order valence-electron chi connectivity index (χ2n) is 2.84. The van der Waals surface area contributed by atoms with Crippen molar-refractivity contribution in [3.8, 4) is 5.75 Å². The molecule has 2 nitrogen and oxygen atoms in total. The summed E-state index contributed by atoms with van der Waals surface area (Å²) in [7, 11) is 0. The minimum Gasteiger partial charge on any atom is -0.506 e. The van der Waals surface area contributed by atoms with Crippen LogP contribution in [0.5, 0.6) is 5.75 Å². The Balaban J connectivity index is 3.20. The molecule has 0 aliphatic carbocycles. The van der Waals surface area contributed by atoms with Crippen LogP contribution in [-0.2, 0) is 0 Å². The van der Waals surface area contributed by atoms with E-state index in [1.54, 1.807) is 0 Å². The van der Waals surface area contributed by atoms with Gasteiger partial charge >= 0.3 is 0 Å². The molecular formula is C9H11BrFNO. The highest BCUT2D eigenvalue weighted by Crippen LogP contribution is 2.32. The lowest BCUT2D eigenvalue weighted by Crippen LogP contribution is -2.09. The van der Waals surface area contributed by atoms with E-state index < -0.39 is 5.82 Å². The lowest BCUT2D eigenvalue weighted by atomic mass is 10.0. The van der Waals surface area contributed by atoms with Crippen LogP contribution in [0.2, 0.25) is 0 Å². The highest BCUT2D eigenvalue weighted by Gasteiger charge is 2.13. The molecule has 72 valence electrons. The van der Waals surface area contributed by atoms with E-state index >= 15 is 0 Å². The van der Waals surface area contributed by atoms with Crippen molar-refractivity contribution in [1.29, 1.82) is 0 Å². The van der Waals surface area contributed by atoms with E-state index in [1.807, 2.05) is 6.92 Å². The molecule has 3 N–H and O–H groups in total. The summed E-state index contributed by atoms with van der Waals surface area (Å²) in [6.45, 7) is 1.88. The summed E-state index contributed by atoms with van der Waals surface area (Å²) in [6.07, 6.45) is 0.656. The summed E-state index contributed by atoms with van der Waals surface area (Å²) in [4.78, 5) is 0. The summed E-state index contributed by atoms with van der Waals surface area (Å²) in [5, 5.41) is 9.53. The number of hydrogen-bond acceptors (Lipinski definition) is 2. The van der Waals surface area contributed by atoms with Gasteiger partial charge in [0.05, 0.1) is 4.47 Å². The van der Waals surface area contributed by atoms with E-state index in [0.717, 1.165) is 0 Å². The Morgan fingerprint density at radius 1 is 1.62 bits per heavy atom. The summed E-state index contributed by atoms with van der Waals surface area (Å²) in [5.74, 6) is -0.376. The highest BCUT2D eigenvalue weighted by atomic mass is 79.9. The van der Waals surface area contributed by atoms with Crippen LogP contribution in [0.1, 0.15) is 24.9 Å². The summed E-state index contributed by atoms with van der Waals surface area (Å²) < 4.78 is 13.2. The van der Waals surface area contributed by atoms with E-state index in [4.69, 9.17) is 5.73 Å². The Kier molecular flexibility index (Phi) is 3.27. The fourth-order valence-corrected chi connectivity index (χ4v) is 1.54. The molecule has 0 amide bonds. The highest BCUT2D eigenvalue weighted by molar-refractivity contribution is 9.10. The first-order chi connectivity index (χ1) is 6.06. The van der Waals surface area contributed by atoms with Crippen molar-refractivity contribution in [2.75, 3.05) is 0 Å². The number of aromatic hydroxyl groups is 1. The first kappa shape index (κ1) is 10.5. The normalized spacial score (nSPS) is 12.9. The molecule has 13 heavy (non-hydrogen) atoms. The fraction of sp³-hybridized carbons (Fsp3) is 0.333. The smallest absolute Gasteiger partial charge is 0.134 e. The van der Waals surface area contributed by atoms with Crippen LogP contribution in [0.4, 0.5) is 4.39 Å². The van der Waals surface area contributed by atoms with Gasteiger partial charge in [0.2, 0.25) is 0 Å². The molecular weight excluding hydrogens is 237 g/mol. The molecule has 1 atom stereocenters. The number of phenolic OH excluding ortho intramolecular Hbond substituents is 1. The monoisotopic (exact) mass is 247 g/mol. The molecule has 0 saturated carbocycles. The van der Waals surface area contributed by atoms with Gasteiger partial charge in [-0.2, -0.15) is 0 Å². The number of benzene rings is 1. The lowest BCUT2D eigenvalue weighted by molar-refractivity contribution is 0.453. The van der Waals surface area contributed by atoms with Crippen LogP contribution in [0.3, 0.4) is 0 Å². The molecule has 0 saturated heterocycles. The molecule has 0 aliphatic heterocycles. The largest absolute Gasteiger partial charge is 0.506 e. The minimum atomic E-state index is -0.399. The van der Waals surface area contributed by atoms with Crippen molar-refractivity contribution in [3.05, 3.63) is 28.0 Å². The molecule has 1 aromatic carbocycles. The van der Waals surface area contributed by atoms with Crippen molar-refractivity contribution in [2.24, 2.45) is 5.73 Å². The molecule has 0 heterocycles. The molecule has 0 unspecified atom stereocenters. The number of halogens is 2. The van der Waals surface area contributed by atoms with Crippen LogP contribution in [0.15, 0.2) is 16.6 Å². The van der Waals surface area contributed by atoms with Crippen LogP contribution in [0.25, 0.3) is 0 Å². The number of nitrogens with two attached hydrogens (primary N) is 1. The third-order valence-corrected chi connectivity index (χ3v) is 2.50. The van der Waals surface area contributed by atoms with Gasteiger partial charge in [-0.25, -0.2) is 4.39 Å². The zero-order valence-corrected chi connectivity index (χ0v) is 8.81. The van der Waals surface area contributed by atoms with Crippen molar-refractivity contribution in [2.45, 2.75) is 19.4 Å². The summed E-state index contributed by atoms with van der Waals surface area (Å²) >= 11 is 3.05. The van der Waals surface area contributed by atoms with Crippen molar-refractivity contribution >= 4 is 15.9 Å². The SMILES string of the molecule is CC[C@H](N)c1cc(F)cc(Br)c1O. The van der Waals surface area contributed by atoms with E-state index in [0.29, 0.717) is 16.5 Å². The zero-order valence-electron chi connectivity index (χ0n) is 7.22. The molecule has 4 heteroatoms. The molecule has 0 bridgehead atoms. The third-order valence-electron chi connectivity index (χ3n) is 1.90. The van der Waals surface area contributed by atoms with Gasteiger partial charge < -0.3 is 10.8 Å². The second kappa shape index (κ2) is 4.07. The van der Waals surface area contributed by atoms with Gasteiger partial charge in [0.25, 0.3) is 0 Å². The maximum Gasteiger partial charge on any atom is 0.134 e. The molecule has 0 aromatic heterocycles. The first-order valence-corrected chi connectivity index (χ1v) is 4.79. The van der Waals surface area contributed by atoms with Gasteiger partial charge in [-0.3, -0.25) is 0 Å². The summed E-state index contributed by atoms with van der Waals surface area (Å²) in [5.41, 5.74) is 6.12. The van der Waals surface area contributed by atoms with Crippen LogP contribution in [0, 0.1) is 5.82 Å². The van der Waals surface area contributed by atoms with Gasteiger partial charge in [0, 0.05) is 11.6 Å². The van der Waals surface area contributed by atoms with Crippen molar-refractivity contribution in [1.82, 2.24) is 0 Å². The maximum absolute atomic E-state index is 12.9. The van der Waals surface area contributed by atoms with Crippen molar-refractivity contribution in [3.63, 3.8) is 0 Å². The predicted molar refractivity (Wildman–Crippen MR) is 53.0 cm³/mol. The number of hydrogen-bond donors (Lipinski definition) is 2. The molecule has 0 radical (unpaired) electrons. The zero-order chi connectivity index (χ0) is 10.0. The molecule has 0 aliphatic rings. The summed E-state index contributed by atoms with van der Waals surface area (Å²) in [6, 6.07) is 2.14. The van der Waals surface area contributed by atoms with Gasteiger partial charge in [-0.05, 0) is 34.5 Å². The fourth-order valence-electron chi connectivity index (χ4n) is 1.09. The number of rotatable bonds is 2. The Hall–Kier alpha value is -0.610. The Morgan fingerprint density at radius 2 is 2.23 bits per heavy atom. The average Bonchev–Trinajstić information content (AvgIpc) is 2.10. The van der Waals surface area contributed by atoms with Crippen LogP contribution < -0.4 is 5.73 Å². The second-order valence-corrected chi connectivity index (χ2v) is 3.69. The van der Waals surface area contributed by atoms with E-state index in [-0.39, 0.29) is 11.8 Å². The van der Waals surface area contributed by atoms with E-state index in [9.17, 15) is 9.50 Å². The molecule has 1 aromatic rings. The Morgan fingerprint density at radius 3 is 2.77 bits per heavy atom. The van der Waals surface area contributed by atoms with E-state index in [1.165, 1.54) is 12.1 Å². The average molecular weight is 248 g/mol. The quantitative estimate of drug-likeness (QED) is 0.845. The van der Waals surface area contributed by atoms with E-state index in [2.05, 4.69) is 15.9 Å². The predicted octanol–water partition coefficient (Wildman–Crippen LogP) is 2.70. The number of phenols is 1. The first-order valence-electron chi connectivity index (χ1n) is 3.99. The van der Waals surface area contributed by atoms with Crippen LogP contribution >= 0.6 is 15.9 Å². The molecule has 0 fully saturated rings. The maximum atomic E-state index is 12.9. The van der Waals surface area contributed by atoms with Crippen LogP contribution in [-0.4, -0.2) is 5.11 Å². The van der Waals surface area contributed by atoms with Gasteiger partial charge in [-0.1, -0.05) is 6.92 Å².